The maximum Gasteiger partial charge on any atom is 0.202 e. The van der Waals surface area contributed by atoms with E-state index in [9.17, 15) is 0 Å². The first-order chi connectivity index (χ1) is 7.20. The van der Waals surface area contributed by atoms with Crippen LogP contribution in [-0.2, 0) is 0 Å². The van der Waals surface area contributed by atoms with Gasteiger partial charge in [0, 0.05) is 23.5 Å². The van der Waals surface area contributed by atoms with Gasteiger partial charge in [-0.2, -0.15) is 4.37 Å². The second kappa shape index (κ2) is 4.47. The van der Waals surface area contributed by atoms with Gasteiger partial charge in [-0.25, -0.2) is 4.98 Å². The summed E-state index contributed by atoms with van der Waals surface area (Å²) < 4.78 is 4.38. The molecule has 0 amide bonds. The summed E-state index contributed by atoms with van der Waals surface area (Å²) in [7, 11) is 0. The predicted octanol–water partition coefficient (Wildman–Crippen LogP) is 3.26. The lowest BCUT2D eigenvalue weighted by molar-refractivity contribution is 0.494. The van der Waals surface area contributed by atoms with E-state index in [1.807, 2.05) is 0 Å². The van der Waals surface area contributed by atoms with Crippen molar-refractivity contribution >= 4 is 16.7 Å². The Bertz CT molecular complexity index is 319. The largest absolute Gasteiger partial charge is 0.358 e. The summed E-state index contributed by atoms with van der Waals surface area (Å²) in [6, 6.07) is 0.481. The zero-order valence-corrected chi connectivity index (χ0v) is 10.5. The Labute approximate surface area is 95.5 Å². The summed E-state index contributed by atoms with van der Waals surface area (Å²) in [5, 5.41) is 4.43. The van der Waals surface area contributed by atoms with E-state index >= 15 is 0 Å². The number of nitrogens with zero attached hydrogens (tertiary/aromatic N) is 2. The first-order valence-electron chi connectivity index (χ1n) is 5.80. The average Bonchev–Trinajstić information content (AvgIpc) is 2.99. The van der Waals surface area contributed by atoms with Crippen LogP contribution in [0.4, 0.5) is 5.13 Å². The lowest BCUT2D eigenvalue weighted by Crippen LogP contribution is -2.23. The van der Waals surface area contributed by atoms with Gasteiger partial charge in [0.2, 0.25) is 5.13 Å². The maximum absolute atomic E-state index is 4.53. The summed E-state index contributed by atoms with van der Waals surface area (Å²) in [6.45, 7) is 6.70. The highest BCUT2D eigenvalue weighted by atomic mass is 32.1. The van der Waals surface area contributed by atoms with E-state index in [1.54, 1.807) is 0 Å². The molecule has 84 valence electrons. The SMILES string of the molecule is CCC(C)C(C)Nc1nc(C2CC2)ns1. The Hall–Kier alpha value is -0.640. The molecule has 1 aromatic heterocycles. The Morgan fingerprint density at radius 1 is 1.47 bits per heavy atom. The fourth-order valence-corrected chi connectivity index (χ4v) is 2.23. The lowest BCUT2D eigenvalue weighted by Gasteiger charge is -2.18. The second-order valence-corrected chi connectivity index (χ2v) is 5.30. The summed E-state index contributed by atoms with van der Waals surface area (Å²) >= 11 is 1.50. The first kappa shape index (κ1) is 10.9. The number of nitrogens with one attached hydrogen (secondary N) is 1. The molecule has 3 nitrogen and oxygen atoms in total. The molecule has 0 bridgehead atoms. The maximum atomic E-state index is 4.53. The fraction of sp³-hybridized carbons (Fsp3) is 0.818. The van der Waals surface area contributed by atoms with Crippen LogP contribution in [0.3, 0.4) is 0 Å². The minimum absolute atomic E-state index is 0.481. The van der Waals surface area contributed by atoms with E-state index in [2.05, 4.69) is 35.4 Å². The zero-order valence-electron chi connectivity index (χ0n) is 9.66. The molecule has 1 aliphatic carbocycles. The molecule has 0 spiro atoms. The molecular formula is C11H19N3S. The van der Waals surface area contributed by atoms with Crippen LogP contribution in [0.15, 0.2) is 0 Å². The van der Waals surface area contributed by atoms with Crippen molar-refractivity contribution in [3.8, 4) is 0 Å². The van der Waals surface area contributed by atoms with E-state index in [4.69, 9.17) is 0 Å². The van der Waals surface area contributed by atoms with E-state index in [1.165, 1.54) is 30.8 Å². The Balaban J connectivity index is 1.91. The van der Waals surface area contributed by atoms with Crippen LogP contribution in [0, 0.1) is 5.92 Å². The normalized spacial score (nSPS) is 19.9. The number of anilines is 1. The van der Waals surface area contributed by atoms with Gasteiger partial charge in [0.25, 0.3) is 0 Å². The summed E-state index contributed by atoms with van der Waals surface area (Å²) in [6.07, 6.45) is 3.75. The van der Waals surface area contributed by atoms with E-state index in [0.717, 1.165) is 11.0 Å². The van der Waals surface area contributed by atoms with E-state index in [-0.39, 0.29) is 0 Å². The molecule has 1 aliphatic rings. The number of rotatable bonds is 5. The van der Waals surface area contributed by atoms with Gasteiger partial charge >= 0.3 is 0 Å². The van der Waals surface area contributed by atoms with Crippen LogP contribution in [0.2, 0.25) is 0 Å². The highest BCUT2D eigenvalue weighted by Crippen LogP contribution is 2.39. The second-order valence-electron chi connectivity index (χ2n) is 4.55. The quantitative estimate of drug-likeness (QED) is 0.835. The minimum atomic E-state index is 0.481. The number of hydrogen-bond donors (Lipinski definition) is 1. The molecule has 1 heterocycles. The fourth-order valence-electron chi connectivity index (χ4n) is 1.49. The lowest BCUT2D eigenvalue weighted by atomic mass is 10.0. The summed E-state index contributed by atoms with van der Waals surface area (Å²) in [4.78, 5) is 4.53. The zero-order chi connectivity index (χ0) is 10.8. The molecular weight excluding hydrogens is 206 g/mol. The minimum Gasteiger partial charge on any atom is -0.358 e. The van der Waals surface area contributed by atoms with Crippen molar-refractivity contribution in [3.05, 3.63) is 5.82 Å². The van der Waals surface area contributed by atoms with Crippen LogP contribution < -0.4 is 5.32 Å². The summed E-state index contributed by atoms with van der Waals surface area (Å²) in [5.74, 6) is 2.40. The van der Waals surface area contributed by atoms with Gasteiger partial charge in [0.15, 0.2) is 0 Å². The van der Waals surface area contributed by atoms with Gasteiger partial charge in [-0.1, -0.05) is 20.3 Å². The van der Waals surface area contributed by atoms with Crippen LogP contribution >= 0.6 is 11.5 Å². The molecule has 2 atom stereocenters. The first-order valence-corrected chi connectivity index (χ1v) is 6.58. The smallest absolute Gasteiger partial charge is 0.202 e. The predicted molar refractivity (Wildman–Crippen MR) is 64.4 cm³/mol. The third-order valence-electron chi connectivity index (χ3n) is 3.23. The van der Waals surface area contributed by atoms with Crippen molar-refractivity contribution in [2.45, 2.75) is 52.0 Å². The Morgan fingerprint density at radius 2 is 2.20 bits per heavy atom. The highest BCUT2D eigenvalue weighted by Gasteiger charge is 2.28. The third kappa shape index (κ3) is 2.68. The van der Waals surface area contributed by atoms with Gasteiger partial charge in [-0.15, -0.1) is 0 Å². The van der Waals surface area contributed by atoms with Crippen molar-refractivity contribution in [3.63, 3.8) is 0 Å². The molecule has 15 heavy (non-hydrogen) atoms. The topological polar surface area (TPSA) is 37.8 Å². The molecule has 1 saturated carbocycles. The van der Waals surface area contributed by atoms with Crippen molar-refractivity contribution in [1.29, 1.82) is 0 Å². The van der Waals surface area contributed by atoms with E-state index < -0.39 is 0 Å². The van der Waals surface area contributed by atoms with Crippen LogP contribution in [0.5, 0.6) is 0 Å². The molecule has 2 rings (SSSR count). The molecule has 1 aromatic rings. The van der Waals surface area contributed by atoms with Gasteiger partial charge in [0.1, 0.15) is 5.82 Å². The molecule has 0 radical (unpaired) electrons. The average molecular weight is 225 g/mol. The van der Waals surface area contributed by atoms with Crippen LogP contribution in [0.25, 0.3) is 0 Å². The van der Waals surface area contributed by atoms with Gasteiger partial charge in [0.05, 0.1) is 0 Å². The molecule has 4 heteroatoms. The van der Waals surface area contributed by atoms with Crippen LogP contribution in [-0.4, -0.2) is 15.4 Å². The van der Waals surface area contributed by atoms with Crippen molar-refractivity contribution in [1.82, 2.24) is 9.36 Å². The Kier molecular flexibility index (Phi) is 3.24. The van der Waals surface area contributed by atoms with Crippen LogP contribution in [0.1, 0.15) is 51.8 Å². The van der Waals surface area contributed by atoms with Crippen molar-refractivity contribution in [2.75, 3.05) is 5.32 Å². The van der Waals surface area contributed by atoms with Crippen molar-refractivity contribution in [2.24, 2.45) is 5.92 Å². The standard InChI is InChI=1S/C11H19N3S/c1-4-7(2)8(3)12-11-13-10(14-15-11)9-5-6-9/h7-9H,4-6H2,1-3H3,(H,12,13,14). The van der Waals surface area contributed by atoms with Gasteiger partial charge in [-0.05, 0) is 25.7 Å². The Morgan fingerprint density at radius 3 is 2.80 bits per heavy atom. The monoisotopic (exact) mass is 225 g/mol. The van der Waals surface area contributed by atoms with Gasteiger partial charge in [-0.3, -0.25) is 0 Å². The molecule has 0 aliphatic heterocycles. The highest BCUT2D eigenvalue weighted by molar-refractivity contribution is 7.09. The molecule has 1 fully saturated rings. The molecule has 0 aromatic carbocycles. The molecule has 2 unspecified atom stereocenters. The number of hydrogen-bond acceptors (Lipinski definition) is 4. The van der Waals surface area contributed by atoms with E-state index in [0.29, 0.717) is 17.9 Å². The summed E-state index contributed by atoms with van der Waals surface area (Å²) in [5.41, 5.74) is 0. The molecule has 1 N–H and O–H groups in total. The third-order valence-corrected chi connectivity index (χ3v) is 3.89. The van der Waals surface area contributed by atoms with Gasteiger partial charge < -0.3 is 5.32 Å². The number of aromatic nitrogens is 2. The molecule has 0 saturated heterocycles. The van der Waals surface area contributed by atoms with Crippen molar-refractivity contribution < 1.29 is 0 Å².